The van der Waals surface area contributed by atoms with Crippen molar-refractivity contribution < 1.29 is 24.0 Å². The van der Waals surface area contributed by atoms with Gasteiger partial charge in [0.2, 0.25) is 17.8 Å². The van der Waals surface area contributed by atoms with E-state index in [9.17, 15) is 24.0 Å². The second-order valence-corrected chi connectivity index (χ2v) is 16.4. The van der Waals surface area contributed by atoms with Gasteiger partial charge in [-0.15, -0.1) is 0 Å². The Balaban J connectivity index is 0.762. The molecule has 5 amide bonds. The zero-order chi connectivity index (χ0) is 40.1. The molecule has 1 saturated carbocycles. The second kappa shape index (κ2) is 15.5. The molecule has 3 aromatic heterocycles. The Morgan fingerprint density at radius 1 is 0.810 bits per heavy atom. The molecule has 4 fully saturated rings. The number of piperidine rings is 2. The van der Waals surface area contributed by atoms with Crippen molar-refractivity contribution in [2.24, 2.45) is 5.92 Å². The van der Waals surface area contributed by atoms with Gasteiger partial charge in [0, 0.05) is 89.6 Å². The highest BCUT2D eigenvalue weighted by atomic mass is 16.2. The van der Waals surface area contributed by atoms with Crippen LogP contribution in [0.3, 0.4) is 0 Å². The van der Waals surface area contributed by atoms with Crippen molar-refractivity contribution in [2.75, 3.05) is 75.0 Å². The molecule has 16 heteroatoms. The van der Waals surface area contributed by atoms with E-state index in [0.717, 1.165) is 112 Å². The molecule has 0 radical (unpaired) electrons. The Labute approximate surface area is 336 Å². The van der Waals surface area contributed by atoms with Crippen LogP contribution in [-0.4, -0.2) is 130 Å². The number of nitrogens with zero attached hydrogens (tertiary/aromatic N) is 9. The third-order valence-electron chi connectivity index (χ3n) is 12.5. The van der Waals surface area contributed by atoms with Gasteiger partial charge in [0.15, 0.2) is 0 Å². The first-order valence-electron chi connectivity index (χ1n) is 20.5. The molecule has 7 heterocycles. The van der Waals surface area contributed by atoms with Crippen molar-refractivity contribution >= 4 is 63.7 Å². The Morgan fingerprint density at radius 2 is 1.53 bits per heavy atom. The standard InChI is InChI=1S/C42H49N11O5/c1-48(2)41(58)34-21-27-23-44-42(47-37(27)52(34)28-5-3-4-6-28)45-35-11-8-30(24-43-35)50-15-13-26(14-16-50)25-49-17-19-51(20-18-49)29-7-9-31-32(22-29)40(57)53(39(31)56)33-10-12-36(54)46-38(33)55/h7-9,11,21-24,26,28,33H,3-6,10,12-20,25H2,1-2H3,(H,46,54,55)(H,43,44,45,47). The average molecular weight is 788 g/mol. The summed E-state index contributed by atoms with van der Waals surface area (Å²) in [6, 6.07) is 10.6. The Hall–Kier alpha value is -5.90. The first-order chi connectivity index (χ1) is 28.1. The number of imide groups is 2. The number of amides is 5. The lowest BCUT2D eigenvalue weighted by atomic mass is 9.95. The highest BCUT2D eigenvalue weighted by molar-refractivity contribution is 6.23. The molecule has 4 aliphatic heterocycles. The van der Waals surface area contributed by atoms with Gasteiger partial charge in [0.25, 0.3) is 17.7 Å². The molecule has 1 aromatic carbocycles. The molecule has 1 aliphatic carbocycles. The Morgan fingerprint density at radius 3 is 2.24 bits per heavy atom. The first-order valence-corrected chi connectivity index (χ1v) is 20.5. The monoisotopic (exact) mass is 787 g/mol. The van der Waals surface area contributed by atoms with Crippen molar-refractivity contribution in [1.29, 1.82) is 0 Å². The Bertz CT molecular complexity index is 2270. The first kappa shape index (κ1) is 37.7. The van der Waals surface area contributed by atoms with Crippen LogP contribution in [0.25, 0.3) is 11.0 Å². The molecule has 2 N–H and O–H groups in total. The number of hydrogen-bond donors (Lipinski definition) is 2. The number of anilines is 4. The second-order valence-electron chi connectivity index (χ2n) is 16.4. The predicted molar refractivity (Wildman–Crippen MR) is 217 cm³/mol. The summed E-state index contributed by atoms with van der Waals surface area (Å²) in [7, 11) is 3.55. The van der Waals surface area contributed by atoms with Crippen molar-refractivity contribution in [2.45, 2.75) is 63.5 Å². The van der Waals surface area contributed by atoms with E-state index in [0.29, 0.717) is 34.5 Å². The minimum absolute atomic E-state index is 0.0310. The lowest BCUT2D eigenvalue weighted by molar-refractivity contribution is -0.136. The fourth-order valence-electron chi connectivity index (χ4n) is 9.34. The van der Waals surface area contributed by atoms with E-state index in [1.54, 1.807) is 37.3 Å². The summed E-state index contributed by atoms with van der Waals surface area (Å²) in [6.45, 7) is 6.40. The maximum atomic E-state index is 13.3. The van der Waals surface area contributed by atoms with Crippen molar-refractivity contribution in [3.63, 3.8) is 0 Å². The largest absolute Gasteiger partial charge is 0.370 e. The molecule has 3 saturated heterocycles. The number of benzene rings is 1. The smallest absolute Gasteiger partial charge is 0.270 e. The van der Waals surface area contributed by atoms with Crippen molar-refractivity contribution in [3.05, 3.63) is 65.6 Å². The van der Waals surface area contributed by atoms with Crippen LogP contribution in [0, 0.1) is 5.92 Å². The van der Waals surface area contributed by atoms with E-state index in [2.05, 4.69) is 41.0 Å². The molecule has 9 rings (SSSR count). The number of carbonyl (C=O) groups excluding carboxylic acids is 5. The third kappa shape index (κ3) is 7.14. The number of pyridine rings is 1. The molecule has 58 heavy (non-hydrogen) atoms. The van der Waals surface area contributed by atoms with Gasteiger partial charge in [-0.2, -0.15) is 4.98 Å². The highest BCUT2D eigenvalue weighted by Crippen LogP contribution is 2.36. The minimum Gasteiger partial charge on any atom is -0.370 e. The molecule has 5 aliphatic rings. The summed E-state index contributed by atoms with van der Waals surface area (Å²) in [5.41, 5.74) is 4.02. The van der Waals surface area contributed by atoms with Gasteiger partial charge in [0.1, 0.15) is 23.2 Å². The number of rotatable bonds is 9. The molecule has 1 unspecified atom stereocenters. The van der Waals surface area contributed by atoms with E-state index < -0.39 is 23.8 Å². The summed E-state index contributed by atoms with van der Waals surface area (Å²) in [5.74, 6) is -0.271. The summed E-state index contributed by atoms with van der Waals surface area (Å²) in [4.78, 5) is 87.6. The lowest BCUT2D eigenvalue weighted by Gasteiger charge is -2.40. The van der Waals surface area contributed by atoms with Crippen LogP contribution in [0.4, 0.5) is 23.1 Å². The van der Waals surface area contributed by atoms with E-state index in [1.165, 1.54) is 0 Å². The van der Waals surface area contributed by atoms with Gasteiger partial charge >= 0.3 is 0 Å². The molecular formula is C42H49N11O5. The van der Waals surface area contributed by atoms with E-state index in [4.69, 9.17) is 9.97 Å². The van der Waals surface area contributed by atoms with Crippen LogP contribution in [0.2, 0.25) is 0 Å². The van der Waals surface area contributed by atoms with Gasteiger partial charge in [-0.25, -0.2) is 9.97 Å². The van der Waals surface area contributed by atoms with Crippen molar-refractivity contribution in [3.8, 4) is 0 Å². The average Bonchev–Trinajstić information content (AvgIpc) is 3.95. The van der Waals surface area contributed by atoms with E-state index >= 15 is 0 Å². The van der Waals surface area contributed by atoms with E-state index in [1.807, 2.05) is 24.4 Å². The predicted octanol–water partition coefficient (Wildman–Crippen LogP) is 3.83. The molecule has 1 atom stereocenters. The van der Waals surface area contributed by atoms with Crippen LogP contribution < -0.4 is 20.4 Å². The van der Waals surface area contributed by atoms with E-state index in [-0.39, 0.29) is 30.7 Å². The molecule has 0 spiro atoms. The van der Waals surface area contributed by atoms with Crippen LogP contribution in [0.1, 0.15) is 88.6 Å². The Kier molecular flexibility index (Phi) is 10.0. The van der Waals surface area contributed by atoms with Crippen LogP contribution >= 0.6 is 0 Å². The molecule has 302 valence electrons. The number of nitrogens with one attached hydrogen (secondary N) is 2. The number of aromatic nitrogens is 4. The maximum absolute atomic E-state index is 13.3. The van der Waals surface area contributed by atoms with Gasteiger partial charge in [-0.1, -0.05) is 12.8 Å². The van der Waals surface area contributed by atoms with Crippen LogP contribution in [0.5, 0.6) is 0 Å². The normalized spacial score (nSPS) is 20.9. The minimum atomic E-state index is -0.968. The van der Waals surface area contributed by atoms with Gasteiger partial charge in [0.05, 0.1) is 23.0 Å². The summed E-state index contributed by atoms with van der Waals surface area (Å²) < 4.78 is 2.12. The topological polar surface area (TPSA) is 169 Å². The van der Waals surface area contributed by atoms with Gasteiger partial charge < -0.3 is 24.6 Å². The summed E-state index contributed by atoms with van der Waals surface area (Å²) in [5, 5.41) is 6.38. The van der Waals surface area contributed by atoms with Crippen LogP contribution in [0.15, 0.2) is 48.8 Å². The van der Waals surface area contributed by atoms with Gasteiger partial charge in [-0.05, 0) is 74.4 Å². The number of carbonyl (C=O) groups is 5. The number of hydrogen-bond acceptors (Lipinski definition) is 12. The summed E-state index contributed by atoms with van der Waals surface area (Å²) >= 11 is 0. The molecule has 0 bridgehead atoms. The maximum Gasteiger partial charge on any atom is 0.270 e. The fraction of sp³-hybridized carbons (Fsp3) is 0.476. The molecular weight excluding hydrogens is 739 g/mol. The lowest BCUT2D eigenvalue weighted by Crippen LogP contribution is -2.54. The number of fused-ring (bicyclic) bond motifs is 2. The zero-order valence-electron chi connectivity index (χ0n) is 33.0. The quantitative estimate of drug-likeness (QED) is 0.236. The fourth-order valence-corrected chi connectivity index (χ4v) is 9.34. The third-order valence-corrected chi connectivity index (χ3v) is 12.5. The van der Waals surface area contributed by atoms with Gasteiger partial charge in [-0.3, -0.25) is 39.1 Å². The van der Waals surface area contributed by atoms with Crippen molar-refractivity contribution in [1.82, 2.24) is 39.5 Å². The number of piperazine rings is 1. The molecule has 16 nitrogen and oxygen atoms in total. The molecule has 4 aromatic rings. The zero-order valence-corrected chi connectivity index (χ0v) is 33.0. The summed E-state index contributed by atoms with van der Waals surface area (Å²) in [6.07, 6.45) is 10.5. The SMILES string of the molecule is CN(C)C(=O)c1cc2cnc(Nc3ccc(N4CCC(CN5CCN(c6ccc7c(c6)C(=O)N(C6CCC(=O)NC6=O)C7=O)CC5)CC4)cn3)nc2n1C1CCCC1. The highest BCUT2D eigenvalue weighted by Gasteiger charge is 2.45. The van der Waals surface area contributed by atoms with Crippen LogP contribution in [-0.2, 0) is 9.59 Å².